The van der Waals surface area contributed by atoms with E-state index in [4.69, 9.17) is 0 Å². The summed E-state index contributed by atoms with van der Waals surface area (Å²) in [7, 11) is 2.27. The van der Waals surface area contributed by atoms with Crippen molar-refractivity contribution in [3.8, 4) is 0 Å². The lowest BCUT2D eigenvalue weighted by Gasteiger charge is -2.31. The predicted molar refractivity (Wildman–Crippen MR) is 79.4 cm³/mol. The number of hydrogen-bond acceptors (Lipinski definition) is 4. The monoisotopic (exact) mass is 262 g/mol. The highest BCUT2D eigenvalue weighted by molar-refractivity contribution is 5.34. The van der Waals surface area contributed by atoms with E-state index in [2.05, 4.69) is 27.2 Å². The third-order valence-electron chi connectivity index (χ3n) is 4.00. The first kappa shape index (κ1) is 14.3. The van der Waals surface area contributed by atoms with E-state index >= 15 is 0 Å². The van der Waals surface area contributed by atoms with Crippen molar-refractivity contribution in [3.05, 3.63) is 18.1 Å². The Hall–Kier alpha value is -1.16. The molecule has 0 spiro atoms. The fraction of sp³-hybridized carbons (Fsp3) is 0.733. The van der Waals surface area contributed by atoms with Gasteiger partial charge >= 0.3 is 0 Å². The molecule has 0 aromatic carbocycles. The Balaban J connectivity index is 1.63. The van der Waals surface area contributed by atoms with Crippen LogP contribution in [0.4, 0.5) is 5.82 Å². The second-order valence-corrected chi connectivity index (χ2v) is 5.60. The van der Waals surface area contributed by atoms with Crippen molar-refractivity contribution in [3.63, 3.8) is 0 Å². The van der Waals surface area contributed by atoms with Gasteiger partial charge in [-0.25, -0.2) is 9.97 Å². The van der Waals surface area contributed by atoms with Gasteiger partial charge in [-0.1, -0.05) is 19.3 Å². The van der Waals surface area contributed by atoms with E-state index in [1.807, 2.05) is 13.0 Å². The van der Waals surface area contributed by atoms with Gasteiger partial charge in [-0.2, -0.15) is 0 Å². The molecule has 0 radical (unpaired) electrons. The summed E-state index contributed by atoms with van der Waals surface area (Å²) in [6.07, 6.45) is 9.80. The van der Waals surface area contributed by atoms with Crippen LogP contribution in [0, 0.1) is 6.92 Å². The quantitative estimate of drug-likeness (QED) is 0.800. The standard InChI is InChI=1S/C15H26N4/c1-13-11-15(18-12-17-13)16-9-6-10-19(2)14-7-4-3-5-8-14/h11-12,14H,3-10H2,1-2H3,(H,16,17,18). The summed E-state index contributed by atoms with van der Waals surface area (Å²) < 4.78 is 0. The first-order valence-corrected chi connectivity index (χ1v) is 7.48. The van der Waals surface area contributed by atoms with Crippen LogP contribution >= 0.6 is 0 Å². The number of nitrogens with one attached hydrogen (secondary N) is 1. The van der Waals surface area contributed by atoms with Crippen molar-refractivity contribution in [2.45, 2.75) is 51.5 Å². The van der Waals surface area contributed by atoms with E-state index in [-0.39, 0.29) is 0 Å². The fourth-order valence-electron chi connectivity index (χ4n) is 2.80. The number of anilines is 1. The van der Waals surface area contributed by atoms with Gasteiger partial charge in [0.05, 0.1) is 0 Å². The second kappa shape index (κ2) is 7.43. The number of aryl methyl sites for hydroxylation is 1. The SMILES string of the molecule is Cc1cc(NCCCN(C)C2CCCCC2)ncn1. The van der Waals surface area contributed by atoms with E-state index in [9.17, 15) is 0 Å². The molecule has 1 aromatic rings. The molecule has 1 aliphatic carbocycles. The number of nitrogens with zero attached hydrogens (tertiary/aromatic N) is 3. The molecule has 2 rings (SSSR count). The summed E-state index contributed by atoms with van der Waals surface area (Å²) in [5.41, 5.74) is 1.01. The van der Waals surface area contributed by atoms with Gasteiger partial charge in [-0.05, 0) is 39.8 Å². The zero-order valence-electron chi connectivity index (χ0n) is 12.2. The topological polar surface area (TPSA) is 41.0 Å². The molecule has 0 saturated heterocycles. The molecule has 0 aliphatic heterocycles. The van der Waals surface area contributed by atoms with Crippen molar-refractivity contribution < 1.29 is 0 Å². The highest BCUT2D eigenvalue weighted by Crippen LogP contribution is 2.21. The minimum atomic E-state index is 0.815. The minimum Gasteiger partial charge on any atom is -0.370 e. The van der Waals surface area contributed by atoms with E-state index in [1.54, 1.807) is 6.33 Å². The molecule has 1 saturated carbocycles. The maximum Gasteiger partial charge on any atom is 0.129 e. The van der Waals surface area contributed by atoms with Gasteiger partial charge in [0, 0.05) is 24.3 Å². The average molecular weight is 262 g/mol. The third kappa shape index (κ3) is 4.78. The lowest BCUT2D eigenvalue weighted by Crippen LogP contribution is -2.34. The highest BCUT2D eigenvalue weighted by Gasteiger charge is 2.17. The van der Waals surface area contributed by atoms with Gasteiger partial charge < -0.3 is 10.2 Å². The Labute approximate surface area is 116 Å². The molecule has 1 aromatic heterocycles. The second-order valence-electron chi connectivity index (χ2n) is 5.60. The van der Waals surface area contributed by atoms with Crippen LogP contribution in [0.5, 0.6) is 0 Å². The van der Waals surface area contributed by atoms with Crippen molar-refractivity contribution >= 4 is 5.82 Å². The van der Waals surface area contributed by atoms with Crippen LogP contribution in [0.15, 0.2) is 12.4 Å². The summed E-state index contributed by atoms with van der Waals surface area (Å²) in [4.78, 5) is 10.8. The van der Waals surface area contributed by atoms with Crippen molar-refractivity contribution in [2.75, 3.05) is 25.5 Å². The summed E-state index contributed by atoms with van der Waals surface area (Å²) >= 11 is 0. The molecule has 106 valence electrons. The average Bonchev–Trinajstić information content (AvgIpc) is 2.44. The van der Waals surface area contributed by atoms with E-state index in [0.29, 0.717) is 0 Å². The normalized spacial score (nSPS) is 16.8. The minimum absolute atomic E-state index is 0.815. The maximum atomic E-state index is 4.21. The molecular weight excluding hydrogens is 236 g/mol. The first-order chi connectivity index (χ1) is 9.25. The number of aromatic nitrogens is 2. The molecular formula is C15H26N4. The Morgan fingerprint density at radius 1 is 1.26 bits per heavy atom. The molecule has 1 fully saturated rings. The van der Waals surface area contributed by atoms with Crippen LogP contribution in [0.25, 0.3) is 0 Å². The van der Waals surface area contributed by atoms with Crippen molar-refractivity contribution in [2.24, 2.45) is 0 Å². The zero-order chi connectivity index (χ0) is 13.5. The molecule has 0 bridgehead atoms. The summed E-state index contributed by atoms with van der Waals surface area (Å²) in [5.74, 6) is 0.938. The predicted octanol–water partition coefficient (Wildman–Crippen LogP) is 2.85. The Morgan fingerprint density at radius 3 is 2.79 bits per heavy atom. The van der Waals surface area contributed by atoms with Gasteiger partial charge in [-0.15, -0.1) is 0 Å². The zero-order valence-corrected chi connectivity index (χ0v) is 12.2. The fourth-order valence-corrected chi connectivity index (χ4v) is 2.80. The van der Waals surface area contributed by atoms with Crippen LogP contribution in [0.3, 0.4) is 0 Å². The molecule has 1 aliphatic rings. The van der Waals surface area contributed by atoms with Crippen LogP contribution in [-0.2, 0) is 0 Å². The molecule has 1 heterocycles. The smallest absolute Gasteiger partial charge is 0.129 e. The van der Waals surface area contributed by atoms with Crippen LogP contribution < -0.4 is 5.32 Å². The maximum absolute atomic E-state index is 4.21. The van der Waals surface area contributed by atoms with E-state index in [0.717, 1.165) is 30.5 Å². The lowest BCUT2D eigenvalue weighted by atomic mass is 9.94. The highest BCUT2D eigenvalue weighted by atomic mass is 15.1. The lowest BCUT2D eigenvalue weighted by molar-refractivity contribution is 0.191. The van der Waals surface area contributed by atoms with Gasteiger partial charge in [0.15, 0.2) is 0 Å². The molecule has 19 heavy (non-hydrogen) atoms. The van der Waals surface area contributed by atoms with Gasteiger partial charge in [0.2, 0.25) is 0 Å². The largest absolute Gasteiger partial charge is 0.370 e. The molecule has 4 heteroatoms. The van der Waals surface area contributed by atoms with Crippen LogP contribution in [0.2, 0.25) is 0 Å². The van der Waals surface area contributed by atoms with Crippen LogP contribution in [0.1, 0.15) is 44.2 Å². The Kier molecular flexibility index (Phi) is 5.58. The molecule has 4 nitrogen and oxygen atoms in total. The van der Waals surface area contributed by atoms with E-state index < -0.39 is 0 Å². The molecule has 0 amide bonds. The summed E-state index contributed by atoms with van der Waals surface area (Å²) in [6, 6.07) is 2.81. The Morgan fingerprint density at radius 2 is 2.05 bits per heavy atom. The summed E-state index contributed by atoms with van der Waals surface area (Å²) in [6.45, 7) is 4.14. The number of hydrogen-bond donors (Lipinski definition) is 1. The first-order valence-electron chi connectivity index (χ1n) is 7.48. The number of rotatable bonds is 6. The van der Waals surface area contributed by atoms with Crippen molar-refractivity contribution in [1.29, 1.82) is 0 Å². The summed E-state index contributed by atoms with van der Waals surface area (Å²) in [5, 5.41) is 3.37. The molecule has 0 unspecified atom stereocenters. The third-order valence-corrected chi connectivity index (χ3v) is 4.00. The van der Waals surface area contributed by atoms with Crippen molar-refractivity contribution in [1.82, 2.24) is 14.9 Å². The van der Waals surface area contributed by atoms with Crippen LogP contribution in [-0.4, -0.2) is 41.0 Å². The molecule has 1 N–H and O–H groups in total. The Bertz CT molecular complexity index is 374. The van der Waals surface area contributed by atoms with E-state index in [1.165, 1.54) is 38.6 Å². The van der Waals surface area contributed by atoms with Gasteiger partial charge in [0.1, 0.15) is 12.1 Å². The van der Waals surface area contributed by atoms with Gasteiger partial charge in [-0.3, -0.25) is 0 Å². The molecule has 0 atom stereocenters. The van der Waals surface area contributed by atoms with Gasteiger partial charge in [0.25, 0.3) is 0 Å².